The lowest BCUT2D eigenvalue weighted by Gasteiger charge is -2.12. The average molecular weight is 383 g/mol. The molecule has 2 rings (SSSR count). The average Bonchev–Trinajstić information content (AvgIpc) is 2.64. The number of methoxy groups -OCH3 is 2. The number of alkyl halides is 3. The lowest BCUT2D eigenvalue weighted by Crippen LogP contribution is -2.23. The summed E-state index contributed by atoms with van der Waals surface area (Å²) in [6.07, 6.45) is -4.39. The Hall–Kier alpha value is -3.10. The maximum absolute atomic E-state index is 12.2. The quantitative estimate of drug-likeness (QED) is 0.565. The minimum Gasteiger partial charge on any atom is -0.497 e. The van der Waals surface area contributed by atoms with Gasteiger partial charge >= 0.3 is 6.18 Å². The summed E-state index contributed by atoms with van der Waals surface area (Å²) < 4.78 is 51.8. The fraction of sp³-hybridized carbons (Fsp3) is 0.278. The molecule has 0 bridgehead atoms. The predicted molar refractivity (Wildman–Crippen MR) is 96.5 cm³/mol. The Balaban J connectivity index is 2.03. The summed E-state index contributed by atoms with van der Waals surface area (Å²) in [5.74, 6) is 1.39. The molecule has 0 saturated carbocycles. The molecule has 0 unspecified atom stereocenters. The monoisotopic (exact) mass is 383 g/mol. The molecular weight excluding hydrogens is 363 g/mol. The minimum atomic E-state index is -4.39. The molecule has 0 heterocycles. The van der Waals surface area contributed by atoms with Crippen LogP contribution in [0.15, 0.2) is 47.5 Å². The second kappa shape index (κ2) is 9.02. The lowest BCUT2D eigenvalue weighted by atomic mass is 10.2. The maximum Gasteiger partial charge on any atom is 0.422 e. The molecule has 0 amide bonds. The Kier molecular flexibility index (Phi) is 6.75. The van der Waals surface area contributed by atoms with E-state index in [1.54, 1.807) is 30.3 Å². The molecule has 146 valence electrons. The highest BCUT2D eigenvalue weighted by Gasteiger charge is 2.28. The third kappa shape index (κ3) is 6.61. The first kappa shape index (κ1) is 20.2. The van der Waals surface area contributed by atoms with Crippen LogP contribution in [0.25, 0.3) is 0 Å². The highest BCUT2D eigenvalue weighted by atomic mass is 19.4. The molecule has 0 saturated heterocycles. The van der Waals surface area contributed by atoms with Crippen LogP contribution in [0, 0.1) is 0 Å². The highest BCUT2D eigenvalue weighted by Crippen LogP contribution is 2.28. The summed E-state index contributed by atoms with van der Waals surface area (Å²) in [5, 5.41) is 2.91. The minimum absolute atomic E-state index is 0.112. The zero-order chi connectivity index (χ0) is 19.9. The van der Waals surface area contributed by atoms with E-state index in [2.05, 4.69) is 10.3 Å². The van der Waals surface area contributed by atoms with Crippen LogP contribution in [0.3, 0.4) is 0 Å². The molecule has 2 aromatic rings. The van der Waals surface area contributed by atoms with Gasteiger partial charge in [-0.2, -0.15) is 13.2 Å². The molecule has 6 nitrogen and oxygen atoms in total. The molecule has 0 aliphatic rings. The zero-order valence-corrected chi connectivity index (χ0v) is 14.8. The van der Waals surface area contributed by atoms with Crippen LogP contribution in [0.1, 0.15) is 5.56 Å². The van der Waals surface area contributed by atoms with E-state index in [9.17, 15) is 13.2 Å². The number of hydrogen-bond donors (Lipinski definition) is 2. The largest absolute Gasteiger partial charge is 0.497 e. The summed E-state index contributed by atoms with van der Waals surface area (Å²) >= 11 is 0. The number of guanidine groups is 1. The van der Waals surface area contributed by atoms with Gasteiger partial charge in [-0.1, -0.05) is 12.1 Å². The van der Waals surface area contributed by atoms with Crippen molar-refractivity contribution < 1.29 is 27.4 Å². The van der Waals surface area contributed by atoms with Crippen molar-refractivity contribution in [2.45, 2.75) is 12.7 Å². The topological polar surface area (TPSA) is 78.1 Å². The number of nitrogens with zero attached hydrogens (tertiary/aromatic N) is 1. The van der Waals surface area contributed by atoms with Gasteiger partial charge in [-0.25, -0.2) is 4.99 Å². The number of hydrogen-bond acceptors (Lipinski definition) is 4. The van der Waals surface area contributed by atoms with Crippen LogP contribution < -0.4 is 25.3 Å². The summed E-state index contributed by atoms with van der Waals surface area (Å²) in [6, 6.07) is 11.4. The first-order chi connectivity index (χ1) is 12.8. The Labute approximate surface area is 154 Å². The molecule has 9 heteroatoms. The fourth-order valence-electron chi connectivity index (χ4n) is 2.16. The Morgan fingerprint density at radius 3 is 2.52 bits per heavy atom. The zero-order valence-electron chi connectivity index (χ0n) is 14.8. The lowest BCUT2D eigenvalue weighted by molar-refractivity contribution is -0.153. The van der Waals surface area contributed by atoms with Crippen LogP contribution in [-0.2, 0) is 6.54 Å². The number of nitrogens with two attached hydrogens (primary N) is 1. The summed E-state index contributed by atoms with van der Waals surface area (Å²) in [4.78, 5) is 4.18. The molecule has 2 aromatic carbocycles. The van der Waals surface area contributed by atoms with Crippen LogP contribution >= 0.6 is 0 Å². The van der Waals surface area contributed by atoms with Gasteiger partial charge in [0.1, 0.15) is 17.2 Å². The number of nitrogens with one attached hydrogen (secondary N) is 1. The number of rotatable bonds is 7. The van der Waals surface area contributed by atoms with E-state index in [4.69, 9.17) is 19.9 Å². The van der Waals surface area contributed by atoms with Crippen molar-refractivity contribution in [3.8, 4) is 17.2 Å². The Morgan fingerprint density at radius 1 is 1.07 bits per heavy atom. The van der Waals surface area contributed by atoms with Crippen LogP contribution in [-0.4, -0.2) is 33.0 Å². The van der Waals surface area contributed by atoms with Crippen molar-refractivity contribution in [3.05, 3.63) is 48.0 Å². The van der Waals surface area contributed by atoms with E-state index in [1.165, 1.54) is 26.4 Å². The van der Waals surface area contributed by atoms with E-state index in [0.717, 1.165) is 0 Å². The Morgan fingerprint density at radius 2 is 1.85 bits per heavy atom. The molecule has 0 aliphatic heterocycles. The molecule has 3 N–H and O–H groups in total. The third-order valence-corrected chi connectivity index (χ3v) is 3.40. The molecular formula is C18H20F3N3O3. The van der Waals surface area contributed by atoms with Gasteiger partial charge < -0.3 is 25.3 Å². The van der Waals surface area contributed by atoms with E-state index in [-0.39, 0.29) is 18.3 Å². The third-order valence-electron chi connectivity index (χ3n) is 3.40. The van der Waals surface area contributed by atoms with Gasteiger partial charge in [0.2, 0.25) is 0 Å². The number of benzene rings is 2. The van der Waals surface area contributed by atoms with E-state index in [1.807, 2.05) is 0 Å². The van der Waals surface area contributed by atoms with E-state index < -0.39 is 12.8 Å². The number of anilines is 1. The van der Waals surface area contributed by atoms with Crippen molar-refractivity contribution in [3.63, 3.8) is 0 Å². The van der Waals surface area contributed by atoms with Gasteiger partial charge in [-0.05, 0) is 29.8 Å². The predicted octanol–water partition coefficient (Wildman–Crippen LogP) is 3.57. The number of ether oxygens (including phenoxy) is 3. The molecule has 0 atom stereocenters. The van der Waals surface area contributed by atoms with Gasteiger partial charge in [0, 0.05) is 6.07 Å². The van der Waals surface area contributed by atoms with Crippen LogP contribution in [0.4, 0.5) is 18.9 Å². The summed E-state index contributed by atoms with van der Waals surface area (Å²) in [7, 11) is 3.06. The second-order valence-corrected chi connectivity index (χ2v) is 5.44. The van der Waals surface area contributed by atoms with E-state index >= 15 is 0 Å². The Bertz CT molecular complexity index is 795. The fourth-order valence-corrected chi connectivity index (χ4v) is 2.16. The molecule has 0 spiro atoms. The van der Waals surface area contributed by atoms with Gasteiger partial charge in [0.25, 0.3) is 0 Å². The number of halogens is 3. The first-order valence-corrected chi connectivity index (χ1v) is 7.88. The first-order valence-electron chi connectivity index (χ1n) is 7.88. The van der Waals surface area contributed by atoms with Crippen molar-refractivity contribution in [1.82, 2.24) is 0 Å². The van der Waals surface area contributed by atoms with Gasteiger partial charge in [0.15, 0.2) is 12.6 Å². The van der Waals surface area contributed by atoms with Crippen molar-refractivity contribution in [2.24, 2.45) is 10.7 Å². The second-order valence-electron chi connectivity index (χ2n) is 5.44. The molecule has 27 heavy (non-hydrogen) atoms. The highest BCUT2D eigenvalue weighted by molar-refractivity contribution is 5.94. The molecule has 0 aromatic heterocycles. The molecule has 0 aliphatic carbocycles. The van der Waals surface area contributed by atoms with Crippen molar-refractivity contribution in [1.29, 1.82) is 0 Å². The van der Waals surface area contributed by atoms with Crippen LogP contribution in [0.5, 0.6) is 17.2 Å². The number of aliphatic imine (C=N–C) groups is 1. The van der Waals surface area contributed by atoms with E-state index in [0.29, 0.717) is 22.7 Å². The SMILES string of the molecule is COc1ccc(OC)c(NC(N)=NCc2cccc(OCC(F)(F)F)c2)c1. The summed E-state index contributed by atoms with van der Waals surface area (Å²) in [5.41, 5.74) is 7.10. The normalized spacial score (nSPS) is 11.8. The van der Waals surface area contributed by atoms with Crippen molar-refractivity contribution in [2.75, 3.05) is 26.1 Å². The van der Waals surface area contributed by atoms with Gasteiger partial charge in [-0.15, -0.1) is 0 Å². The molecule has 0 fully saturated rings. The van der Waals surface area contributed by atoms with Gasteiger partial charge in [0.05, 0.1) is 26.5 Å². The van der Waals surface area contributed by atoms with Crippen molar-refractivity contribution >= 4 is 11.6 Å². The smallest absolute Gasteiger partial charge is 0.422 e. The maximum atomic E-state index is 12.2. The van der Waals surface area contributed by atoms with Crippen LogP contribution in [0.2, 0.25) is 0 Å². The molecule has 0 radical (unpaired) electrons. The standard InChI is InChI=1S/C18H20F3N3O3/c1-25-13-6-7-16(26-2)15(9-13)24-17(22)23-10-12-4-3-5-14(8-12)27-11-18(19,20)21/h3-9H,10-11H2,1-2H3,(H3,22,23,24). The van der Waals surface area contributed by atoms with Gasteiger partial charge in [-0.3, -0.25) is 0 Å². The summed E-state index contributed by atoms with van der Waals surface area (Å²) in [6.45, 7) is -1.19.